The molecule has 14 heavy (non-hydrogen) atoms. The van der Waals surface area contributed by atoms with Crippen molar-refractivity contribution in [3.8, 4) is 0 Å². The van der Waals surface area contributed by atoms with E-state index in [-0.39, 0.29) is 6.23 Å². The second kappa shape index (κ2) is 3.05. The molecule has 74 valence electrons. The van der Waals surface area contributed by atoms with Crippen molar-refractivity contribution in [2.45, 2.75) is 31.7 Å². The summed E-state index contributed by atoms with van der Waals surface area (Å²) in [5.41, 5.74) is 2.35. The lowest BCUT2D eigenvalue weighted by molar-refractivity contribution is 0.00755. The van der Waals surface area contributed by atoms with E-state index in [1.165, 1.54) is 18.4 Å². The summed E-state index contributed by atoms with van der Waals surface area (Å²) < 4.78 is 1.10. The fourth-order valence-electron chi connectivity index (χ4n) is 2.16. The predicted octanol–water partition coefficient (Wildman–Crippen LogP) is 2.42. The zero-order valence-electron chi connectivity index (χ0n) is 7.78. The zero-order chi connectivity index (χ0) is 9.71. The van der Waals surface area contributed by atoms with E-state index >= 15 is 0 Å². The molecule has 0 spiro atoms. The first-order chi connectivity index (χ1) is 6.75. The number of aliphatic hydroxyl groups is 1. The summed E-state index contributed by atoms with van der Waals surface area (Å²) in [5.74, 6) is 0. The van der Waals surface area contributed by atoms with Gasteiger partial charge in [0.15, 0.2) is 0 Å². The number of rotatable bonds is 1. The molecule has 0 amide bonds. The maximum absolute atomic E-state index is 10.1. The lowest BCUT2D eigenvalue weighted by Crippen LogP contribution is -2.23. The van der Waals surface area contributed by atoms with E-state index in [4.69, 9.17) is 0 Å². The molecule has 1 aliphatic carbocycles. The minimum absolute atomic E-state index is 0.370. The van der Waals surface area contributed by atoms with Crippen LogP contribution >= 0.6 is 15.9 Å². The molecule has 1 heterocycles. The van der Waals surface area contributed by atoms with Crippen LogP contribution in [0.3, 0.4) is 0 Å². The molecule has 1 unspecified atom stereocenters. The molecular formula is C11H12BrNO. The van der Waals surface area contributed by atoms with Crippen LogP contribution < -0.4 is 0 Å². The quantitative estimate of drug-likeness (QED) is 0.831. The second-order valence-corrected chi connectivity index (χ2v) is 5.04. The Kier molecular flexibility index (Phi) is 1.94. The molecule has 1 aromatic carbocycles. The third kappa shape index (κ3) is 1.31. The Balaban J connectivity index is 1.97. The van der Waals surface area contributed by atoms with Gasteiger partial charge in [0.2, 0.25) is 0 Å². The van der Waals surface area contributed by atoms with E-state index in [9.17, 15) is 5.11 Å². The average Bonchev–Trinajstić information content (AvgIpc) is 2.93. The highest BCUT2D eigenvalue weighted by Crippen LogP contribution is 2.41. The lowest BCUT2D eigenvalue weighted by Gasteiger charge is -2.19. The van der Waals surface area contributed by atoms with Crippen LogP contribution in [0, 0.1) is 0 Å². The number of nitrogens with zero attached hydrogens (tertiary/aromatic N) is 1. The van der Waals surface area contributed by atoms with Gasteiger partial charge in [-0.15, -0.1) is 0 Å². The van der Waals surface area contributed by atoms with Gasteiger partial charge in [-0.1, -0.05) is 22.0 Å². The molecule has 0 aromatic heterocycles. The topological polar surface area (TPSA) is 23.5 Å². The second-order valence-electron chi connectivity index (χ2n) is 4.12. The van der Waals surface area contributed by atoms with Crippen molar-refractivity contribution in [1.82, 2.24) is 4.90 Å². The van der Waals surface area contributed by atoms with E-state index in [0.717, 1.165) is 16.6 Å². The molecule has 1 saturated carbocycles. The van der Waals surface area contributed by atoms with Crippen molar-refractivity contribution in [2.75, 3.05) is 0 Å². The smallest absolute Gasteiger partial charge is 0.134 e. The van der Waals surface area contributed by atoms with Crippen molar-refractivity contribution in [3.05, 3.63) is 33.8 Å². The third-order valence-corrected chi connectivity index (χ3v) is 3.56. The fraction of sp³-hybridized carbons (Fsp3) is 0.455. The maximum Gasteiger partial charge on any atom is 0.134 e. The molecular weight excluding hydrogens is 242 g/mol. The summed E-state index contributed by atoms with van der Waals surface area (Å²) in [7, 11) is 0. The highest BCUT2D eigenvalue weighted by Gasteiger charge is 2.38. The molecule has 2 nitrogen and oxygen atoms in total. The Hall–Kier alpha value is -0.380. The Labute approximate surface area is 91.7 Å². The first-order valence-corrected chi connectivity index (χ1v) is 5.77. The van der Waals surface area contributed by atoms with E-state index < -0.39 is 0 Å². The predicted molar refractivity (Wildman–Crippen MR) is 57.7 cm³/mol. The summed E-state index contributed by atoms with van der Waals surface area (Å²) in [6, 6.07) is 6.75. The third-order valence-electron chi connectivity index (χ3n) is 3.07. The average molecular weight is 254 g/mol. The van der Waals surface area contributed by atoms with Crippen LogP contribution in [0.4, 0.5) is 0 Å². The standard InChI is InChI=1S/C11H12BrNO/c12-8-1-4-10-7(5-8)6-13(11(10)14)9-2-3-9/h1,4-5,9,11,14H,2-3,6H2. The van der Waals surface area contributed by atoms with E-state index in [0.29, 0.717) is 6.04 Å². The van der Waals surface area contributed by atoms with Crippen LogP contribution in [0.25, 0.3) is 0 Å². The molecule has 1 atom stereocenters. The van der Waals surface area contributed by atoms with Gasteiger partial charge < -0.3 is 5.11 Å². The highest BCUT2D eigenvalue weighted by atomic mass is 79.9. The molecule has 1 aromatic rings. The number of halogens is 1. The minimum atomic E-state index is -0.370. The molecule has 0 saturated heterocycles. The van der Waals surface area contributed by atoms with Crippen LogP contribution in [0.1, 0.15) is 30.2 Å². The molecule has 1 fully saturated rings. The van der Waals surface area contributed by atoms with Crippen LogP contribution in [0.2, 0.25) is 0 Å². The largest absolute Gasteiger partial charge is 0.374 e. The molecule has 0 bridgehead atoms. The minimum Gasteiger partial charge on any atom is -0.374 e. The number of fused-ring (bicyclic) bond motifs is 1. The van der Waals surface area contributed by atoms with Gasteiger partial charge in [-0.25, -0.2) is 0 Å². The summed E-state index contributed by atoms with van der Waals surface area (Å²) in [6.07, 6.45) is 2.11. The normalized spacial score (nSPS) is 26.6. The van der Waals surface area contributed by atoms with Gasteiger partial charge in [-0.2, -0.15) is 0 Å². The first-order valence-electron chi connectivity index (χ1n) is 4.98. The highest BCUT2D eigenvalue weighted by molar-refractivity contribution is 9.10. The van der Waals surface area contributed by atoms with Crippen LogP contribution in [-0.2, 0) is 6.54 Å². The van der Waals surface area contributed by atoms with Crippen molar-refractivity contribution in [1.29, 1.82) is 0 Å². The Morgan fingerprint density at radius 3 is 2.86 bits per heavy atom. The SMILES string of the molecule is OC1c2ccc(Br)cc2CN1C1CC1. The zero-order valence-corrected chi connectivity index (χ0v) is 9.37. The maximum atomic E-state index is 10.1. The van der Waals surface area contributed by atoms with Gasteiger partial charge in [-0.05, 0) is 36.1 Å². The fourth-order valence-corrected chi connectivity index (χ4v) is 2.57. The van der Waals surface area contributed by atoms with Crippen molar-refractivity contribution < 1.29 is 5.11 Å². The van der Waals surface area contributed by atoms with Crippen molar-refractivity contribution in [3.63, 3.8) is 0 Å². The summed E-state index contributed by atoms with van der Waals surface area (Å²) in [6.45, 7) is 0.903. The molecule has 2 aliphatic rings. The number of hydrogen-bond acceptors (Lipinski definition) is 2. The number of hydrogen-bond donors (Lipinski definition) is 1. The van der Waals surface area contributed by atoms with Gasteiger partial charge in [0.05, 0.1) is 0 Å². The summed E-state index contributed by atoms with van der Waals surface area (Å²) >= 11 is 3.46. The van der Waals surface area contributed by atoms with E-state index in [1.807, 2.05) is 12.1 Å². The first kappa shape index (κ1) is 8.89. The van der Waals surface area contributed by atoms with Gasteiger partial charge in [0.25, 0.3) is 0 Å². The van der Waals surface area contributed by atoms with Crippen molar-refractivity contribution >= 4 is 15.9 Å². The Bertz CT molecular complexity index is 376. The Morgan fingerprint density at radius 2 is 2.14 bits per heavy atom. The molecule has 0 radical (unpaired) electrons. The van der Waals surface area contributed by atoms with Crippen LogP contribution in [0.15, 0.2) is 22.7 Å². The number of benzene rings is 1. The Morgan fingerprint density at radius 1 is 1.36 bits per heavy atom. The molecule has 3 rings (SSSR count). The van der Waals surface area contributed by atoms with Crippen molar-refractivity contribution in [2.24, 2.45) is 0 Å². The lowest BCUT2D eigenvalue weighted by atomic mass is 10.1. The van der Waals surface area contributed by atoms with Crippen LogP contribution in [0.5, 0.6) is 0 Å². The van der Waals surface area contributed by atoms with Gasteiger partial charge in [-0.3, -0.25) is 4.90 Å². The van der Waals surface area contributed by atoms with E-state index in [1.54, 1.807) is 0 Å². The van der Waals surface area contributed by atoms with Gasteiger partial charge in [0.1, 0.15) is 6.23 Å². The molecule has 1 aliphatic heterocycles. The summed E-state index contributed by atoms with van der Waals surface area (Å²) in [4.78, 5) is 2.19. The van der Waals surface area contributed by atoms with Gasteiger partial charge in [0, 0.05) is 17.1 Å². The van der Waals surface area contributed by atoms with Crippen LogP contribution in [-0.4, -0.2) is 16.0 Å². The van der Waals surface area contributed by atoms with E-state index in [2.05, 4.69) is 26.9 Å². The molecule has 3 heteroatoms. The summed E-state index contributed by atoms with van der Waals surface area (Å²) in [5, 5.41) is 10.1. The van der Waals surface area contributed by atoms with Gasteiger partial charge >= 0.3 is 0 Å². The number of aliphatic hydroxyl groups excluding tert-OH is 1. The monoisotopic (exact) mass is 253 g/mol. The molecule has 1 N–H and O–H groups in total.